The minimum Gasteiger partial charge on any atom is -0.382 e. The number of fused-ring (bicyclic) bond motifs is 2. The molecule has 8 rings (SSSR count). The molecule has 21 nitrogen and oxygen atoms in total. The van der Waals surface area contributed by atoms with Crippen LogP contribution >= 0.6 is 0 Å². The molecule has 0 saturated carbocycles. The normalized spacial score (nSPS) is 16.4. The number of anilines is 4. The molecule has 1 unspecified atom stereocenters. The van der Waals surface area contributed by atoms with E-state index in [2.05, 4.69) is 41.1 Å². The molecular weight excluding hydrogens is 925 g/mol. The first-order valence-corrected chi connectivity index (χ1v) is 25.0. The molecule has 0 bridgehead atoms. The molecule has 5 heterocycles. The monoisotopic (exact) mass is 980 g/mol. The number of hydrogen-bond donors (Lipinski definition) is 4. The number of imide groups is 2. The number of nitrogens with one attached hydrogen (secondary N) is 4. The highest BCUT2D eigenvalue weighted by Crippen LogP contribution is 2.32. The third kappa shape index (κ3) is 12.5. The number of amides is 5. The largest absolute Gasteiger partial charge is 0.382 e. The van der Waals surface area contributed by atoms with Gasteiger partial charge in [-0.1, -0.05) is 24.3 Å². The number of benzene rings is 3. The fourth-order valence-electron chi connectivity index (χ4n) is 8.30. The quantitative estimate of drug-likeness (QED) is 0.0512. The minimum absolute atomic E-state index is 0.0488. The minimum atomic E-state index is -3.30. The van der Waals surface area contributed by atoms with Crippen molar-refractivity contribution in [1.29, 1.82) is 0 Å². The lowest BCUT2D eigenvalue weighted by molar-refractivity contribution is -0.136. The summed E-state index contributed by atoms with van der Waals surface area (Å²) < 4.78 is 47.9. The molecule has 2 aromatic heterocycles. The fraction of sp³-hybridized carbons (Fsp3) is 0.396. The molecule has 4 N–H and O–H groups in total. The summed E-state index contributed by atoms with van der Waals surface area (Å²) in [5.41, 5.74) is 5.03. The second-order valence-corrected chi connectivity index (χ2v) is 18.8. The summed E-state index contributed by atoms with van der Waals surface area (Å²) in [6.07, 6.45) is 1.33. The van der Waals surface area contributed by atoms with Gasteiger partial charge >= 0.3 is 0 Å². The molecule has 2 fully saturated rings. The molecule has 22 heteroatoms. The van der Waals surface area contributed by atoms with Crippen LogP contribution in [-0.2, 0) is 43.2 Å². The maximum absolute atomic E-state index is 13.2. The number of ether oxygens (including phenoxy) is 4. The van der Waals surface area contributed by atoms with Gasteiger partial charge in [-0.05, 0) is 67.1 Å². The molecule has 0 aliphatic carbocycles. The Kier molecular flexibility index (Phi) is 16.4. The van der Waals surface area contributed by atoms with E-state index >= 15 is 0 Å². The summed E-state index contributed by atoms with van der Waals surface area (Å²) in [5, 5.41) is 16.2. The molecule has 0 spiro atoms. The van der Waals surface area contributed by atoms with Gasteiger partial charge in [0.25, 0.3) is 11.8 Å². The van der Waals surface area contributed by atoms with Gasteiger partial charge in [-0.15, -0.1) is 5.10 Å². The number of aromatic nitrogens is 3. The Morgan fingerprint density at radius 1 is 0.757 bits per heavy atom. The predicted octanol–water partition coefficient (Wildman–Crippen LogP) is 2.36. The van der Waals surface area contributed by atoms with Crippen molar-refractivity contribution in [2.75, 3.05) is 120 Å². The standard InChI is InChI=1S/C48H56N10O11S/c1-70(64,65)36-14-8-33(9-15-36)39-6-3-7-41-52-48(54-58(39)41)51-34-10-12-35(13-11-34)56-22-20-55(21-23-56)32-43(60)50-19-25-67-27-29-69-31-30-68-28-26-66-24-18-49-38-5-2-4-37-44(38)47(63)57(46(37)62)40-16-17-42(59)53-45(40)61/h2-15,40,49H,16-32H2,1H3,(H,50,60)(H,51,54)(H,53,59,61). The Hall–Kier alpha value is -6.82. The number of sulfone groups is 1. The van der Waals surface area contributed by atoms with Crippen LogP contribution in [0.5, 0.6) is 0 Å². The van der Waals surface area contributed by atoms with Crippen LogP contribution in [0.3, 0.4) is 0 Å². The summed E-state index contributed by atoms with van der Waals surface area (Å²) in [6.45, 7) is 7.10. The van der Waals surface area contributed by atoms with E-state index in [1.54, 1.807) is 47.0 Å². The highest BCUT2D eigenvalue weighted by Gasteiger charge is 2.45. The van der Waals surface area contributed by atoms with Gasteiger partial charge in [0.1, 0.15) is 6.04 Å². The van der Waals surface area contributed by atoms with Crippen molar-refractivity contribution < 1.29 is 51.3 Å². The van der Waals surface area contributed by atoms with Gasteiger partial charge in [0.2, 0.25) is 23.7 Å². The van der Waals surface area contributed by atoms with Gasteiger partial charge in [0.05, 0.1) is 81.1 Å². The van der Waals surface area contributed by atoms with Crippen LogP contribution in [0, 0.1) is 0 Å². The average Bonchev–Trinajstić information content (AvgIpc) is 3.88. The number of carbonyl (C=O) groups is 5. The molecule has 0 radical (unpaired) electrons. The summed E-state index contributed by atoms with van der Waals surface area (Å²) in [6, 6.07) is 24.3. The first-order valence-electron chi connectivity index (χ1n) is 23.1. The lowest BCUT2D eigenvalue weighted by Crippen LogP contribution is -2.54. The predicted molar refractivity (Wildman–Crippen MR) is 258 cm³/mol. The van der Waals surface area contributed by atoms with Crippen molar-refractivity contribution in [1.82, 2.24) is 35.0 Å². The maximum atomic E-state index is 13.2. The van der Waals surface area contributed by atoms with E-state index < -0.39 is 39.5 Å². The molecule has 3 aromatic carbocycles. The number of pyridine rings is 1. The van der Waals surface area contributed by atoms with E-state index in [0.717, 1.165) is 53.7 Å². The molecule has 3 aliphatic heterocycles. The number of piperidine rings is 1. The van der Waals surface area contributed by atoms with Crippen LogP contribution in [0.4, 0.5) is 23.0 Å². The molecule has 5 amide bonds. The Morgan fingerprint density at radius 2 is 1.41 bits per heavy atom. The first kappa shape index (κ1) is 49.6. The maximum Gasteiger partial charge on any atom is 0.264 e. The van der Waals surface area contributed by atoms with Gasteiger partial charge in [0.15, 0.2) is 15.5 Å². The SMILES string of the molecule is CS(=O)(=O)c1ccc(-c2cccc3nc(Nc4ccc(N5CCN(CC(=O)NCCOCCOCCOCCOCCNc6cccc7c6C(=O)N(C6CCC(=O)NC6=O)C7=O)CC5)cc4)nn23)cc1. The number of piperazine rings is 1. The second kappa shape index (κ2) is 23.2. The van der Waals surface area contributed by atoms with E-state index in [1.807, 2.05) is 42.5 Å². The lowest BCUT2D eigenvalue weighted by atomic mass is 10.0. The Labute approximate surface area is 404 Å². The molecule has 1 atom stereocenters. The third-order valence-corrected chi connectivity index (χ3v) is 13.0. The van der Waals surface area contributed by atoms with Crippen LogP contribution in [-0.4, -0.2) is 173 Å². The Morgan fingerprint density at radius 3 is 2.09 bits per heavy atom. The zero-order valence-corrected chi connectivity index (χ0v) is 39.6. The van der Waals surface area contributed by atoms with E-state index in [9.17, 15) is 32.4 Å². The summed E-state index contributed by atoms with van der Waals surface area (Å²) in [4.78, 5) is 73.0. The van der Waals surface area contributed by atoms with Crippen LogP contribution in [0.1, 0.15) is 33.6 Å². The topological polar surface area (TPSA) is 244 Å². The Bertz CT molecular complexity index is 2780. The van der Waals surface area contributed by atoms with Crippen LogP contribution in [0.25, 0.3) is 16.9 Å². The molecule has 5 aromatic rings. The molecule has 2 saturated heterocycles. The van der Waals surface area contributed by atoms with Gasteiger partial charge < -0.3 is 39.8 Å². The van der Waals surface area contributed by atoms with Crippen molar-refractivity contribution in [2.45, 2.75) is 23.8 Å². The fourth-order valence-corrected chi connectivity index (χ4v) is 8.93. The number of nitrogens with zero attached hydrogens (tertiary/aromatic N) is 6. The zero-order chi connectivity index (χ0) is 49.0. The van der Waals surface area contributed by atoms with Crippen molar-refractivity contribution in [3.63, 3.8) is 0 Å². The van der Waals surface area contributed by atoms with Crippen LogP contribution < -0.4 is 26.2 Å². The number of rotatable bonds is 24. The van der Waals surface area contributed by atoms with Crippen molar-refractivity contribution in [2.24, 2.45) is 0 Å². The third-order valence-electron chi connectivity index (χ3n) is 11.9. The van der Waals surface area contributed by atoms with Gasteiger partial charge in [0, 0.05) is 74.6 Å². The number of hydrogen-bond acceptors (Lipinski definition) is 17. The smallest absolute Gasteiger partial charge is 0.264 e. The molecular formula is C48H56N10O11S. The molecule has 370 valence electrons. The van der Waals surface area contributed by atoms with Gasteiger partial charge in [-0.25, -0.2) is 12.9 Å². The van der Waals surface area contributed by atoms with Crippen LogP contribution in [0.2, 0.25) is 0 Å². The summed E-state index contributed by atoms with van der Waals surface area (Å²) in [7, 11) is -3.30. The van der Waals surface area contributed by atoms with Gasteiger partial charge in [-0.2, -0.15) is 4.98 Å². The van der Waals surface area contributed by atoms with E-state index in [-0.39, 0.29) is 34.8 Å². The second-order valence-electron chi connectivity index (χ2n) is 16.7. The summed E-state index contributed by atoms with van der Waals surface area (Å²) >= 11 is 0. The summed E-state index contributed by atoms with van der Waals surface area (Å²) in [5.74, 6) is -1.82. The number of carbonyl (C=O) groups excluding carboxylic acids is 5. The molecule has 70 heavy (non-hydrogen) atoms. The first-order chi connectivity index (χ1) is 33.9. The highest BCUT2D eigenvalue weighted by molar-refractivity contribution is 7.90. The average molecular weight is 981 g/mol. The van der Waals surface area contributed by atoms with Gasteiger partial charge in [-0.3, -0.25) is 39.1 Å². The van der Waals surface area contributed by atoms with E-state index in [4.69, 9.17) is 18.9 Å². The van der Waals surface area contributed by atoms with E-state index in [0.29, 0.717) is 89.8 Å². The van der Waals surface area contributed by atoms with E-state index in [1.165, 1.54) is 6.26 Å². The van der Waals surface area contributed by atoms with Crippen molar-refractivity contribution in [3.05, 3.63) is 96.1 Å². The van der Waals surface area contributed by atoms with Crippen molar-refractivity contribution in [3.8, 4) is 11.3 Å². The molecule has 3 aliphatic rings. The zero-order valence-electron chi connectivity index (χ0n) is 38.8. The van der Waals surface area contributed by atoms with Crippen molar-refractivity contribution >= 4 is 68.0 Å². The van der Waals surface area contributed by atoms with Crippen LogP contribution in [0.15, 0.2) is 89.8 Å². The highest BCUT2D eigenvalue weighted by atomic mass is 32.2. The lowest BCUT2D eigenvalue weighted by Gasteiger charge is -2.35. The Balaban J connectivity index is 0.624.